The maximum Gasteiger partial charge on any atom is 0.270 e. The van der Waals surface area contributed by atoms with Gasteiger partial charge in [-0.1, -0.05) is 42.5 Å². The van der Waals surface area contributed by atoms with E-state index in [1.807, 2.05) is 72.8 Å². The van der Waals surface area contributed by atoms with Crippen molar-refractivity contribution in [1.29, 1.82) is 0 Å². The van der Waals surface area contributed by atoms with Gasteiger partial charge in [0.15, 0.2) is 0 Å². The monoisotopic (exact) mass is 328 g/mol. The average Bonchev–Trinajstić information content (AvgIpc) is 3.05. The van der Waals surface area contributed by atoms with Crippen LogP contribution in [0.15, 0.2) is 72.8 Å². The van der Waals surface area contributed by atoms with E-state index in [9.17, 15) is 5.11 Å². The van der Waals surface area contributed by atoms with Crippen LogP contribution >= 0.6 is 0 Å². The number of aromatic nitrogens is 1. The Labute approximate surface area is 145 Å². The summed E-state index contributed by atoms with van der Waals surface area (Å²) < 4.78 is 0. The van der Waals surface area contributed by atoms with Crippen molar-refractivity contribution in [2.75, 3.05) is 0 Å². The van der Waals surface area contributed by atoms with Gasteiger partial charge in [0.1, 0.15) is 5.75 Å². The zero-order valence-electron chi connectivity index (χ0n) is 13.5. The molecule has 122 valence electrons. The van der Waals surface area contributed by atoms with E-state index in [1.54, 1.807) is 0 Å². The number of H-pyrrole nitrogens is 1. The van der Waals surface area contributed by atoms with Crippen LogP contribution in [-0.4, -0.2) is 15.9 Å². The molecular weight excluding hydrogens is 310 g/mol. The Balaban J connectivity index is 1.85. The molecule has 0 spiro atoms. The molecule has 0 aliphatic carbocycles. The minimum Gasteiger partial charge on any atom is -0.507 e. The van der Waals surface area contributed by atoms with Crippen LogP contribution in [0.5, 0.6) is 5.75 Å². The van der Waals surface area contributed by atoms with E-state index in [0.29, 0.717) is 5.84 Å². The molecule has 0 bridgehead atoms. The Morgan fingerprint density at radius 1 is 0.880 bits per heavy atom. The molecule has 4 aromatic rings. The fourth-order valence-electron chi connectivity index (χ4n) is 3.07. The molecule has 0 saturated carbocycles. The van der Waals surface area contributed by atoms with Crippen molar-refractivity contribution in [2.24, 2.45) is 5.73 Å². The topological polar surface area (TPSA) is 87.6 Å². The Morgan fingerprint density at radius 2 is 1.64 bits per heavy atom. The zero-order valence-corrected chi connectivity index (χ0v) is 13.5. The predicted molar refractivity (Wildman–Crippen MR) is 101 cm³/mol. The number of rotatable bonds is 3. The first-order chi connectivity index (χ1) is 12.1. The van der Waals surface area contributed by atoms with Crippen LogP contribution < -0.4 is 11.1 Å². The number of benzene rings is 3. The third-order valence-electron chi connectivity index (χ3n) is 4.37. The summed E-state index contributed by atoms with van der Waals surface area (Å²) >= 11 is 0. The van der Waals surface area contributed by atoms with Crippen LogP contribution in [0.3, 0.4) is 0 Å². The number of fused-ring (bicyclic) bond motifs is 1. The molecule has 0 aliphatic rings. The molecule has 0 radical (unpaired) electrons. The maximum absolute atomic E-state index is 10.8. The van der Waals surface area contributed by atoms with Crippen molar-refractivity contribution in [3.05, 3.63) is 78.4 Å². The summed E-state index contributed by atoms with van der Waals surface area (Å²) in [5.41, 5.74) is 10.8. The molecule has 0 atom stereocenters. The normalized spacial score (nSPS) is 10.9. The molecule has 3 aromatic carbocycles. The Morgan fingerprint density at radius 3 is 2.40 bits per heavy atom. The summed E-state index contributed by atoms with van der Waals surface area (Å²) in [6.07, 6.45) is 0. The Bertz CT molecular complexity index is 1080. The fourth-order valence-corrected chi connectivity index (χ4v) is 3.07. The van der Waals surface area contributed by atoms with Crippen molar-refractivity contribution in [1.82, 2.24) is 4.98 Å². The molecule has 4 nitrogen and oxygen atoms in total. The van der Waals surface area contributed by atoms with Gasteiger partial charge in [0, 0.05) is 22.0 Å². The van der Waals surface area contributed by atoms with Crippen molar-refractivity contribution in [2.45, 2.75) is 0 Å². The number of aromatic amines is 1. The van der Waals surface area contributed by atoms with Gasteiger partial charge in [-0.2, -0.15) is 0 Å². The summed E-state index contributed by atoms with van der Waals surface area (Å²) in [5.74, 6) is 0.545. The lowest BCUT2D eigenvalue weighted by Gasteiger charge is -2.09. The number of hydrogen-bond acceptors (Lipinski definition) is 1. The number of nitrogens with one attached hydrogen (secondary N) is 1. The quantitative estimate of drug-likeness (QED) is 0.344. The van der Waals surface area contributed by atoms with E-state index >= 15 is 0 Å². The van der Waals surface area contributed by atoms with Crippen molar-refractivity contribution < 1.29 is 10.5 Å². The first kappa shape index (κ1) is 15.0. The number of phenolic OH excluding ortho intramolecular Hbond substituents is 1. The molecule has 25 heavy (non-hydrogen) atoms. The number of aromatic hydroxyl groups is 1. The fraction of sp³-hybridized carbons (Fsp3) is 0. The molecule has 6 N–H and O–H groups in total. The van der Waals surface area contributed by atoms with Gasteiger partial charge in [-0.15, -0.1) is 0 Å². The van der Waals surface area contributed by atoms with Gasteiger partial charge >= 0.3 is 0 Å². The van der Waals surface area contributed by atoms with Gasteiger partial charge in [0.05, 0.1) is 11.3 Å². The standard InChI is InChI=1S/C21H17N3O/c22-21(23)14-9-10-18-15(11-14)12-19(24-18)17-8-4-7-16(20(17)25)13-5-2-1-3-6-13/h1-12,24-25H,(H3,22,23)/p+1. The molecule has 0 amide bonds. The molecule has 1 heterocycles. The van der Waals surface area contributed by atoms with E-state index in [4.69, 9.17) is 11.1 Å². The maximum atomic E-state index is 10.8. The number of phenols is 1. The molecule has 0 saturated heterocycles. The molecular formula is C21H18N3O+. The lowest BCUT2D eigenvalue weighted by atomic mass is 10.00. The molecule has 0 unspecified atom stereocenters. The smallest absolute Gasteiger partial charge is 0.270 e. The molecule has 1 aromatic heterocycles. The molecule has 0 fully saturated rings. The van der Waals surface area contributed by atoms with Gasteiger partial charge in [-0.3, -0.25) is 11.1 Å². The Hall–Kier alpha value is -3.53. The summed E-state index contributed by atoms with van der Waals surface area (Å²) in [6, 6.07) is 23.3. The highest BCUT2D eigenvalue weighted by Gasteiger charge is 2.13. The molecule has 4 rings (SSSR count). The average molecular weight is 328 g/mol. The van der Waals surface area contributed by atoms with Gasteiger partial charge in [0.25, 0.3) is 5.84 Å². The zero-order chi connectivity index (χ0) is 17.4. The highest BCUT2D eigenvalue weighted by Crippen LogP contribution is 2.38. The second-order valence-electron chi connectivity index (χ2n) is 6.01. The van der Waals surface area contributed by atoms with Crippen LogP contribution in [-0.2, 0) is 0 Å². The van der Waals surface area contributed by atoms with Crippen molar-refractivity contribution in [3.63, 3.8) is 0 Å². The van der Waals surface area contributed by atoms with Crippen LogP contribution in [0.4, 0.5) is 0 Å². The summed E-state index contributed by atoms with van der Waals surface area (Å²) in [6.45, 7) is 0. The highest BCUT2D eigenvalue weighted by molar-refractivity contribution is 5.98. The van der Waals surface area contributed by atoms with Gasteiger partial charge in [-0.25, -0.2) is 0 Å². The first-order valence-corrected chi connectivity index (χ1v) is 8.02. The predicted octanol–water partition coefficient (Wildman–Crippen LogP) is 2.67. The van der Waals surface area contributed by atoms with Crippen LogP contribution in [0.2, 0.25) is 0 Å². The summed E-state index contributed by atoms with van der Waals surface area (Å²) in [4.78, 5) is 3.35. The second kappa shape index (κ2) is 5.83. The van der Waals surface area contributed by atoms with E-state index in [-0.39, 0.29) is 5.75 Å². The largest absolute Gasteiger partial charge is 0.507 e. The third kappa shape index (κ3) is 2.64. The highest BCUT2D eigenvalue weighted by atomic mass is 16.3. The number of amidine groups is 1. The van der Waals surface area contributed by atoms with Crippen molar-refractivity contribution >= 4 is 16.7 Å². The first-order valence-electron chi connectivity index (χ1n) is 8.02. The second-order valence-corrected chi connectivity index (χ2v) is 6.01. The Kier molecular flexibility index (Phi) is 3.51. The van der Waals surface area contributed by atoms with Gasteiger partial charge < -0.3 is 10.1 Å². The van der Waals surface area contributed by atoms with E-state index < -0.39 is 0 Å². The SMILES string of the molecule is NC(=[NH2+])c1ccc2[nH]c(-c3cccc(-c4ccccc4)c3O)cc2c1. The lowest BCUT2D eigenvalue weighted by molar-refractivity contribution is -0.114. The number of nitrogens with two attached hydrogens (primary N) is 2. The van der Waals surface area contributed by atoms with E-state index in [2.05, 4.69) is 4.98 Å². The summed E-state index contributed by atoms with van der Waals surface area (Å²) in [5, 5.41) is 17.5. The molecule has 0 aliphatic heterocycles. The summed E-state index contributed by atoms with van der Waals surface area (Å²) in [7, 11) is 0. The van der Waals surface area contributed by atoms with Gasteiger partial charge in [0.2, 0.25) is 0 Å². The van der Waals surface area contributed by atoms with Crippen molar-refractivity contribution in [3.8, 4) is 28.1 Å². The van der Waals surface area contributed by atoms with Crippen LogP contribution in [0, 0.1) is 0 Å². The number of para-hydroxylation sites is 1. The van der Waals surface area contributed by atoms with E-state index in [1.165, 1.54) is 0 Å². The number of hydrogen-bond donors (Lipinski definition) is 4. The van der Waals surface area contributed by atoms with Gasteiger partial charge in [-0.05, 0) is 35.9 Å². The minimum atomic E-state index is 0.255. The van der Waals surface area contributed by atoms with Crippen LogP contribution in [0.25, 0.3) is 33.3 Å². The lowest BCUT2D eigenvalue weighted by Crippen LogP contribution is -2.46. The van der Waals surface area contributed by atoms with Crippen LogP contribution in [0.1, 0.15) is 5.56 Å². The minimum absolute atomic E-state index is 0.255. The third-order valence-corrected chi connectivity index (χ3v) is 4.37. The van der Waals surface area contributed by atoms with E-state index in [0.717, 1.165) is 38.9 Å². The molecule has 4 heteroatoms.